The minimum atomic E-state index is -0.472. The van der Waals surface area contributed by atoms with Crippen molar-refractivity contribution in [3.05, 3.63) is 264 Å². The van der Waals surface area contributed by atoms with Crippen molar-refractivity contribution in [2.24, 2.45) is 0 Å². The summed E-state index contributed by atoms with van der Waals surface area (Å²) in [4.78, 5) is 45.7. The number of oxazole rings is 1. The van der Waals surface area contributed by atoms with Gasteiger partial charge in [0.05, 0.1) is 27.8 Å². The van der Waals surface area contributed by atoms with E-state index in [-0.39, 0.29) is 11.5 Å². The zero-order valence-corrected chi connectivity index (χ0v) is 40.9. The zero-order chi connectivity index (χ0) is 51.1. The van der Waals surface area contributed by atoms with Gasteiger partial charge >= 0.3 is 17.2 Å². The molecule has 0 aliphatic heterocycles. The Kier molecular flexibility index (Phi) is 9.91. The van der Waals surface area contributed by atoms with Gasteiger partial charge in [-0.05, 0) is 89.0 Å². The van der Waals surface area contributed by atoms with E-state index in [2.05, 4.69) is 134 Å². The first-order chi connectivity index (χ1) is 38.0. The number of benzene rings is 9. The molecule has 0 radical (unpaired) electrons. The second-order valence-corrected chi connectivity index (χ2v) is 19.1. The molecular formula is C66H40N8O3. The first-order valence-corrected chi connectivity index (χ1v) is 25.3. The SMILES string of the molecule is O=c1nc(-c2ccccc2)nc2ccc(-n3c4ccccc4c4cc(-c5ccc6c(c5)c5ccccc5n6-c5ccc(-c6cccc(-c7c(-c8ccccc8)oc8nc(-c9ccccc9)nc(=O)n78)c6)cc5)ccc43)cn12. The Hall–Kier alpha value is -10.8. The van der Waals surface area contributed by atoms with Crippen LogP contribution in [0.3, 0.4) is 0 Å². The maximum absolute atomic E-state index is 13.9. The highest BCUT2D eigenvalue weighted by Crippen LogP contribution is 2.40. The van der Waals surface area contributed by atoms with Crippen molar-refractivity contribution in [3.63, 3.8) is 0 Å². The van der Waals surface area contributed by atoms with Crippen LogP contribution in [0.25, 0.3) is 134 Å². The molecule has 362 valence electrons. The molecule has 0 saturated heterocycles. The van der Waals surface area contributed by atoms with Gasteiger partial charge in [-0.2, -0.15) is 15.0 Å². The molecule has 9 aromatic carbocycles. The van der Waals surface area contributed by atoms with Crippen molar-refractivity contribution >= 4 is 55.1 Å². The minimum absolute atomic E-state index is 0.170. The lowest BCUT2D eigenvalue weighted by atomic mass is 9.99. The molecular weight excluding hydrogens is 953 g/mol. The molecule has 0 amide bonds. The Morgan fingerprint density at radius 3 is 1.45 bits per heavy atom. The van der Waals surface area contributed by atoms with Crippen LogP contribution in [0.2, 0.25) is 0 Å². The van der Waals surface area contributed by atoms with E-state index in [1.54, 1.807) is 0 Å². The van der Waals surface area contributed by atoms with Gasteiger partial charge in [0.25, 0.3) is 0 Å². The summed E-state index contributed by atoms with van der Waals surface area (Å²) in [5.74, 6) is 1.41. The van der Waals surface area contributed by atoms with E-state index in [1.165, 1.54) is 8.80 Å². The van der Waals surface area contributed by atoms with Crippen LogP contribution in [-0.4, -0.2) is 37.9 Å². The van der Waals surface area contributed by atoms with Crippen LogP contribution in [0.15, 0.2) is 257 Å². The van der Waals surface area contributed by atoms with Crippen molar-refractivity contribution in [1.82, 2.24) is 37.9 Å². The van der Waals surface area contributed by atoms with E-state index in [9.17, 15) is 9.59 Å². The average Bonchev–Trinajstić information content (AvgIpc) is 4.34. The molecule has 11 heteroatoms. The molecule has 0 atom stereocenters. The standard InChI is InChI=1S/C66H40N8O3/c75-64-68-62(43-17-6-2-7-18-43)67-59-36-33-50(40-71(59)64)73-56-26-13-11-24-52(56)54-39-47(30-35-58(54)73)46-29-34-57-53(38-46)51-23-10-12-25-55(51)72(57)49-31-27-41(28-32-49)45-21-14-22-48(37-45)60-61(42-15-4-1-5-16-42)77-66-70-63(69-65(76)74(60)66)44-19-8-3-9-20-44/h1-40H. The second-order valence-electron chi connectivity index (χ2n) is 19.1. The van der Waals surface area contributed by atoms with Gasteiger partial charge in [0, 0.05) is 55.7 Å². The molecule has 15 aromatic rings. The number of aromatic nitrogens is 8. The van der Waals surface area contributed by atoms with Crippen LogP contribution >= 0.6 is 0 Å². The third-order valence-electron chi connectivity index (χ3n) is 14.6. The molecule has 11 nitrogen and oxygen atoms in total. The highest BCUT2D eigenvalue weighted by atomic mass is 16.4. The smallest absolute Gasteiger partial charge is 0.358 e. The van der Waals surface area contributed by atoms with Gasteiger partial charge in [-0.3, -0.25) is 0 Å². The van der Waals surface area contributed by atoms with Crippen LogP contribution < -0.4 is 11.4 Å². The molecule has 6 heterocycles. The van der Waals surface area contributed by atoms with Crippen LogP contribution in [0.4, 0.5) is 0 Å². The first-order valence-electron chi connectivity index (χ1n) is 25.3. The van der Waals surface area contributed by atoms with Crippen LogP contribution in [0.1, 0.15) is 0 Å². The van der Waals surface area contributed by atoms with Gasteiger partial charge < -0.3 is 13.6 Å². The van der Waals surface area contributed by atoms with Crippen LogP contribution in [0.5, 0.6) is 0 Å². The Morgan fingerprint density at radius 2 is 0.818 bits per heavy atom. The number of hydrogen-bond donors (Lipinski definition) is 0. The van der Waals surface area contributed by atoms with Crippen molar-refractivity contribution in [1.29, 1.82) is 0 Å². The summed E-state index contributed by atoms with van der Waals surface area (Å²) >= 11 is 0. The third kappa shape index (κ3) is 7.20. The Bertz CT molecular complexity index is 4960. The largest absolute Gasteiger partial charge is 0.422 e. The molecule has 15 rings (SSSR count). The fourth-order valence-electron chi connectivity index (χ4n) is 11.0. The summed E-state index contributed by atoms with van der Waals surface area (Å²) in [6, 6.07) is 79.8. The Labute approximate surface area is 438 Å². The van der Waals surface area contributed by atoms with E-state index < -0.39 is 5.69 Å². The summed E-state index contributed by atoms with van der Waals surface area (Å²) < 4.78 is 14.0. The second kappa shape index (κ2) is 17.4. The topological polar surface area (TPSA) is 118 Å². The summed E-state index contributed by atoms with van der Waals surface area (Å²) in [5, 5.41) is 4.51. The third-order valence-corrected chi connectivity index (χ3v) is 14.6. The van der Waals surface area contributed by atoms with E-state index in [0.29, 0.717) is 28.8 Å². The van der Waals surface area contributed by atoms with E-state index in [1.807, 2.05) is 128 Å². The highest BCUT2D eigenvalue weighted by molar-refractivity contribution is 6.12. The Morgan fingerprint density at radius 1 is 0.338 bits per heavy atom. The fourth-order valence-corrected chi connectivity index (χ4v) is 11.0. The van der Waals surface area contributed by atoms with Gasteiger partial charge in [0.2, 0.25) is 0 Å². The zero-order valence-electron chi connectivity index (χ0n) is 40.9. The first kappa shape index (κ1) is 43.8. The molecule has 0 aliphatic rings. The normalized spacial score (nSPS) is 11.7. The molecule has 0 aliphatic carbocycles. The van der Waals surface area contributed by atoms with Gasteiger partial charge in [0.15, 0.2) is 17.4 Å². The van der Waals surface area contributed by atoms with Crippen LogP contribution in [0, 0.1) is 0 Å². The van der Waals surface area contributed by atoms with Crippen molar-refractivity contribution in [2.75, 3.05) is 0 Å². The lowest BCUT2D eigenvalue weighted by molar-refractivity contribution is 0.602. The van der Waals surface area contributed by atoms with Gasteiger partial charge in [-0.1, -0.05) is 170 Å². The monoisotopic (exact) mass is 992 g/mol. The predicted octanol–water partition coefficient (Wildman–Crippen LogP) is 14.3. The van der Waals surface area contributed by atoms with Gasteiger partial charge in [-0.15, -0.1) is 0 Å². The average molecular weight is 993 g/mol. The summed E-state index contributed by atoms with van der Waals surface area (Å²) in [7, 11) is 0. The number of rotatable bonds is 8. The van der Waals surface area contributed by atoms with E-state index in [0.717, 1.165) is 99.5 Å². The quantitative estimate of drug-likeness (QED) is 0.149. The number of hydrogen-bond acceptors (Lipinski definition) is 7. The van der Waals surface area contributed by atoms with E-state index >= 15 is 0 Å². The maximum atomic E-state index is 13.9. The molecule has 77 heavy (non-hydrogen) atoms. The fraction of sp³-hybridized carbons (Fsp3) is 0. The molecule has 0 fully saturated rings. The lowest BCUT2D eigenvalue weighted by Gasteiger charge is -2.11. The summed E-state index contributed by atoms with van der Waals surface area (Å²) in [5.41, 5.74) is 13.7. The number of fused-ring (bicyclic) bond motifs is 8. The lowest BCUT2D eigenvalue weighted by Crippen LogP contribution is -2.19. The van der Waals surface area contributed by atoms with E-state index in [4.69, 9.17) is 14.4 Å². The minimum Gasteiger partial charge on any atom is -0.422 e. The number of pyridine rings is 1. The molecule has 0 unspecified atom stereocenters. The highest BCUT2D eigenvalue weighted by Gasteiger charge is 2.23. The van der Waals surface area contributed by atoms with Gasteiger partial charge in [0.1, 0.15) is 11.3 Å². The maximum Gasteiger partial charge on any atom is 0.358 e. The van der Waals surface area contributed by atoms with Crippen molar-refractivity contribution < 1.29 is 4.42 Å². The Balaban J connectivity index is 0.784. The number of nitrogens with zero attached hydrogens (tertiary/aromatic N) is 8. The summed E-state index contributed by atoms with van der Waals surface area (Å²) in [6.07, 6.45) is 1.83. The molecule has 0 spiro atoms. The van der Waals surface area contributed by atoms with Gasteiger partial charge in [-0.25, -0.2) is 23.4 Å². The molecule has 0 bridgehead atoms. The predicted molar refractivity (Wildman–Crippen MR) is 306 cm³/mol. The van der Waals surface area contributed by atoms with Crippen LogP contribution in [-0.2, 0) is 0 Å². The van der Waals surface area contributed by atoms with Crippen molar-refractivity contribution in [2.45, 2.75) is 0 Å². The summed E-state index contributed by atoms with van der Waals surface area (Å²) in [6.45, 7) is 0. The molecule has 0 N–H and O–H groups in total. The number of para-hydroxylation sites is 2. The molecule has 0 saturated carbocycles. The molecule has 6 aromatic heterocycles. The van der Waals surface area contributed by atoms with Crippen molar-refractivity contribution in [3.8, 4) is 79.0 Å².